The number of halogens is 4. The Morgan fingerprint density at radius 2 is 1.80 bits per heavy atom. The molecule has 0 spiro atoms. The van der Waals surface area contributed by atoms with E-state index >= 15 is 4.39 Å². The maximum atomic E-state index is 15.1. The predicted molar refractivity (Wildman–Crippen MR) is 141 cm³/mol. The number of hydrogen-bond donors (Lipinski definition) is 2. The van der Waals surface area contributed by atoms with Crippen LogP contribution >= 0.6 is 0 Å². The second-order valence-electron chi connectivity index (χ2n) is 10.7. The molecule has 1 aliphatic carbocycles. The second kappa shape index (κ2) is 11.0. The van der Waals surface area contributed by atoms with E-state index in [1.165, 1.54) is 25.3 Å². The van der Waals surface area contributed by atoms with Crippen LogP contribution in [0.15, 0.2) is 64.3 Å². The number of aryl methyl sites for hydroxylation is 1. The molecule has 5 rings (SSSR count). The molecule has 8 nitrogen and oxygen atoms in total. The molecule has 2 N–H and O–H groups in total. The van der Waals surface area contributed by atoms with Crippen LogP contribution < -0.4 is 16.6 Å². The van der Waals surface area contributed by atoms with Gasteiger partial charge in [-0.25, -0.2) is 22.4 Å². The highest BCUT2D eigenvalue weighted by molar-refractivity contribution is 5.89. The fourth-order valence-corrected chi connectivity index (χ4v) is 5.46. The van der Waals surface area contributed by atoms with Crippen LogP contribution in [0.25, 0.3) is 0 Å². The smallest absolute Gasteiger partial charge is 0.328 e. The van der Waals surface area contributed by atoms with E-state index < -0.39 is 78.4 Å². The Morgan fingerprint density at radius 1 is 1.10 bits per heavy atom. The van der Waals surface area contributed by atoms with Gasteiger partial charge in [-0.3, -0.25) is 23.9 Å². The average Bonchev–Trinajstić information content (AvgIpc) is 3.31. The maximum absolute atomic E-state index is 15.1. The van der Waals surface area contributed by atoms with E-state index in [9.17, 15) is 32.3 Å². The van der Waals surface area contributed by atoms with Gasteiger partial charge < -0.3 is 10.2 Å². The number of hydrogen-bond acceptors (Lipinski definition) is 4. The van der Waals surface area contributed by atoms with Gasteiger partial charge in [-0.05, 0) is 35.6 Å². The van der Waals surface area contributed by atoms with Gasteiger partial charge in [0.2, 0.25) is 17.7 Å². The molecule has 2 heterocycles. The first-order valence-electron chi connectivity index (χ1n) is 13.2. The molecule has 3 atom stereocenters. The SMILES string of the molecule is Cc1cn(CC(=O)N2C[C@H](F)C[C@H]2C(=O)N[C@@H](c2ccccc2)c2ccc(C3CC(F)(F)C3)c(F)c2)c(=O)[nH]c1=O. The number of aromatic nitrogens is 2. The van der Waals surface area contributed by atoms with Gasteiger partial charge in [0.05, 0.1) is 12.6 Å². The van der Waals surface area contributed by atoms with E-state index in [1.54, 1.807) is 36.4 Å². The van der Waals surface area contributed by atoms with Crippen molar-refractivity contribution in [2.45, 2.75) is 62.8 Å². The lowest BCUT2D eigenvalue weighted by molar-refractivity contribution is -0.139. The van der Waals surface area contributed by atoms with Crippen molar-refractivity contribution in [2.24, 2.45) is 0 Å². The van der Waals surface area contributed by atoms with Gasteiger partial charge in [-0.15, -0.1) is 0 Å². The summed E-state index contributed by atoms with van der Waals surface area (Å²) < 4.78 is 57.3. The van der Waals surface area contributed by atoms with Crippen LogP contribution in [0.3, 0.4) is 0 Å². The first kappa shape index (κ1) is 28.3. The summed E-state index contributed by atoms with van der Waals surface area (Å²) in [4.78, 5) is 53.5. The summed E-state index contributed by atoms with van der Waals surface area (Å²) in [7, 11) is 0. The van der Waals surface area contributed by atoms with Crippen molar-refractivity contribution in [1.82, 2.24) is 19.8 Å². The highest BCUT2D eigenvalue weighted by Crippen LogP contribution is 2.49. The molecule has 1 aromatic heterocycles. The molecule has 2 aliphatic rings. The molecule has 0 unspecified atom stereocenters. The van der Waals surface area contributed by atoms with Crippen molar-refractivity contribution in [2.75, 3.05) is 6.54 Å². The fourth-order valence-electron chi connectivity index (χ4n) is 5.46. The molecular weight excluding hydrogens is 544 g/mol. The number of benzene rings is 2. The molecule has 41 heavy (non-hydrogen) atoms. The minimum absolute atomic E-state index is 0.179. The Hall–Kier alpha value is -4.22. The summed E-state index contributed by atoms with van der Waals surface area (Å²) in [5, 5.41) is 2.80. The number of nitrogens with zero attached hydrogens (tertiary/aromatic N) is 2. The zero-order chi connectivity index (χ0) is 29.5. The van der Waals surface area contributed by atoms with E-state index in [-0.39, 0.29) is 24.1 Å². The molecule has 2 amide bonds. The molecule has 2 fully saturated rings. The molecule has 1 saturated heterocycles. The zero-order valence-electron chi connectivity index (χ0n) is 22.1. The topological polar surface area (TPSA) is 104 Å². The molecule has 0 radical (unpaired) electrons. The highest BCUT2D eigenvalue weighted by atomic mass is 19.3. The quantitative estimate of drug-likeness (QED) is 0.424. The lowest BCUT2D eigenvalue weighted by atomic mass is 9.76. The summed E-state index contributed by atoms with van der Waals surface area (Å²) >= 11 is 0. The molecule has 1 saturated carbocycles. The van der Waals surface area contributed by atoms with Crippen molar-refractivity contribution in [1.29, 1.82) is 0 Å². The van der Waals surface area contributed by atoms with Gasteiger partial charge in [0, 0.05) is 31.0 Å². The Bertz CT molecular complexity index is 1580. The Kier molecular flexibility index (Phi) is 7.58. The molecule has 216 valence electrons. The minimum Gasteiger partial charge on any atom is -0.343 e. The maximum Gasteiger partial charge on any atom is 0.328 e. The van der Waals surface area contributed by atoms with Crippen molar-refractivity contribution < 1.29 is 27.2 Å². The number of amides is 2. The number of H-pyrrole nitrogens is 1. The van der Waals surface area contributed by atoms with E-state index in [2.05, 4.69) is 10.3 Å². The third kappa shape index (κ3) is 5.96. The second-order valence-corrected chi connectivity index (χ2v) is 10.7. The van der Waals surface area contributed by atoms with Crippen molar-refractivity contribution >= 4 is 11.8 Å². The summed E-state index contributed by atoms with van der Waals surface area (Å²) in [5.41, 5.74) is -0.0926. The molecular formula is C29H28F4N4O4. The van der Waals surface area contributed by atoms with Crippen LogP contribution in [-0.2, 0) is 16.1 Å². The normalized spacial score (nSPS) is 20.9. The lowest BCUT2D eigenvalue weighted by Gasteiger charge is -2.35. The Labute approximate surface area is 232 Å². The molecule has 3 aromatic rings. The first-order valence-corrected chi connectivity index (χ1v) is 13.2. The van der Waals surface area contributed by atoms with Crippen LogP contribution in [0, 0.1) is 12.7 Å². The van der Waals surface area contributed by atoms with Gasteiger partial charge >= 0.3 is 5.69 Å². The number of nitrogens with one attached hydrogen (secondary N) is 2. The predicted octanol–water partition coefficient (Wildman–Crippen LogP) is 3.34. The third-order valence-electron chi connectivity index (χ3n) is 7.67. The molecule has 2 aromatic carbocycles. The van der Waals surface area contributed by atoms with Gasteiger partial charge in [0.15, 0.2) is 0 Å². The van der Waals surface area contributed by atoms with Crippen LogP contribution in [0.5, 0.6) is 0 Å². The Morgan fingerprint density at radius 3 is 2.46 bits per heavy atom. The summed E-state index contributed by atoms with van der Waals surface area (Å²) in [6.45, 7) is 0.588. The summed E-state index contributed by atoms with van der Waals surface area (Å²) in [6.07, 6.45) is -1.41. The van der Waals surface area contributed by atoms with E-state index in [0.717, 1.165) is 9.47 Å². The van der Waals surface area contributed by atoms with E-state index in [0.29, 0.717) is 11.1 Å². The summed E-state index contributed by atoms with van der Waals surface area (Å²) in [5.74, 6) is -5.44. The zero-order valence-corrected chi connectivity index (χ0v) is 22.1. The van der Waals surface area contributed by atoms with Crippen LogP contribution in [0.4, 0.5) is 17.6 Å². The van der Waals surface area contributed by atoms with Gasteiger partial charge in [0.25, 0.3) is 5.56 Å². The number of carbonyl (C=O) groups is 2. The number of likely N-dealkylation sites (tertiary alicyclic amines) is 1. The average molecular weight is 573 g/mol. The summed E-state index contributed by atoms with van der Waals surface area (Å²) in [6, 6.07) is 10.8. The van der Waals surface area contributed by atoms with Crippen LogP contribution in [-0.4, -0.2) is 50.9 Å². The van der Waals surface area contributed by atoms with Gasteiger partial charge in [0.1, 0.15) is 24.6 Å². The standard InChI is InChI=1S/C29H28F4N4O4/c1-16-13-36(28(41)35-26(16)39)15-24(38)37-14-20(30)10-23(37)27(40)34-25(17-5-3-2-4-6-17)18-7-8-21(22(31)9-18)19-11-29(32,33)12-19/h2-9,13,19-20,23,25H,10-12,14-15H2,1H3,(H,34,40)(H,35,39,41)/t20-,23+,25+/m1/s1. The van der Waals surface area contributed by atoms with Gasteiger partial charge in [-0.1, -0.05) is 42.5 Å². The van der Waals surface area contributed by atoms with Crippen molar-refractivity contribution in [3.8, 4) is 0 Å². The van der Waals surface area contributed by atoms with Crippen LogP contribution in [0.2, 0.25) is 0 Å². The van der Waals surface area contributed by atoms with Gasteiger partial charge in [-0.2, -0.15) is 0 Å². The fraction of sp³-hybridized carbons (Fsp3) is 0.379. The number of aromatic amines is 1. The largest absolute Gasteiger partial charge is 0.343 e. The number of rotatable bonds is 7. The van der Waals surface area contributed by atoms with E-state index in [4.69, 9.17) is 0 Å². The Balaban J connectivity index is 1.38. The van der Waals surface area contributed by atoms with E-state index in [1.807, 2.05) is 0 Å². The molecule has 0 bridgehead atoms. The lowest BCUT2D eigenvalue weighted by Crippen LogP contribution is -2.48. The minimum atomic E-state index is -2.81. The molecule has 1 aliphatic heterocycles. The first-order chi connectivity index (χ1) is 19.4. The van der Waals surface area contributed by atoms with Crippen molar-refractivity contribution in [3.05, 3.63) is 104 Å². The third-order valence-corrected chi connectivity index (χ3v) is 7.67. The van der Waals surface area contributed by atoms with Crippen molar-refractivity contribution in [3.63, 3.8) is 0 Å². The monoisotopic (exact) mass is 572 g/mol. The molecule has 12 heteroatoms. The van der Waals surface area contributed by atoms with Crippen LogP contribution in [0.1, 0.15) is 53.5 Å². The number of carbonyl (C=O) groups excluding carboxylic acids is 2. The number of alkyl halides is 3. The highest BCUT2D eigenvalue weighted by Gasteiger charge is 2.47.